The Morgan fingerprint density at radius 2 is 1.71 bits per heavy atom. The second-order valence-corrected chi connectivity index (χ2v) is 10.6. The highest BCUT2D eigenvalue weighted by Gasteiger charge is 2.23. The molecule has 9 nitrogen and oxygen atoms in total. The number of ether oxygens (including phenoxy) is 2. The molecular formula is C31H34Cl2N4O5. The lowest BCUT2D eigenvalue weighted by molar-refractivity contribution is -0.147. The molecule has 11 heteroatoms. The predicted octanol–water partition coefficient (Wildman–Crippen LogP) is 5.03. The van der Waals surface area contributed by atoms with Crippen LogP contribution in [0.5, 0.6) is 0 Å². The number of aromatic nitrogens is 2. The van der Waals surface area contributed by atoms with Gasteiger partial charge in [0.05, 0.1) is 30.4 Å². The molecule has 0 bridgehead atoms. The van der Waals surface area contributed by atoms with Gasteiger partial charge in [0, 0.05) is 59.7 Å². The second kappa shape index (κ2) is 14.9. The standard InChI is InChI=1S/C31H34Cl2N4O5/c1-20-30-25(24-5-3-4-6-26(24)36-30)18-22(34-20)19-42-29(39)12-11-28(38)35-27(31(40)41-2)17-21-7-9-23(10-8-21)37(15-13-32)16-14-33/h3-10,18,27,36H,11-17,19H2,1-2H3,(H,35,38)/t27-/m0/s1. The average Bonchev–Trinajstić information content (AvgIpc) is 3.38. The van der Waals surface area contributed by atoms with Crippen molar-refractivity contribution in [3.8, 4) is 0 Å². The molecule has 0 fully saturated rings. The van der Waals surface area contributed by atoms with Crippen LogP contribution >= 0.6 is 23.2 Å². The zero-order chi connectivity index (χ0) is 30.1. The van der Waals surface area contributed by atoms with Gasteiger partial charge in [-0.05, 0) is 36.8 Å². The van der Waals surface area contributed by atoms with Crippen molar-refractivity contribution in [2.24, 2.45) is 0 Å². The molecule has 0 unspecified atom stereocenters. The van der Waals surface area contributed by atoms with Crippen molar-refractivity contribution < 1.29 is 23.9 Å². The summed E-state index contributed by atoms with van der Waals surface area (Å²) >= 11 is 11.8. The van der Waals surface area contributed by atoms with Crippen LogP contribution in [0.25, 0.3) is 21.8 Å². The van der Waals surface area contributed by atoms with Gasteiger partial charge >= 0.3 is 11.9 Å². The third kappa shape index (κ3) is 7.92. The number of pyridine rings is 1. The first-order valence-corrected chi connectivity index (χ1v) is 14.8. The summed E-state index contributed by atoms with van der Waals surface area (Å²) in [5.74, 6) is -0.620. The van der Waals surface area contributed by atoms with E-state index in [4.69, 9.17) is 32.7 Å². The summed E-state index contributed by atoms with van der Waals surface area (Å²) < 4.78 is 10.3. The first-order chi connectivity index (χ1) is 20.3. The van der Waals surface area contributed by atoms with E-state index in [1.165, 1.54) is 7.11 Å². The van der Waals surface area contributed by atoms with Crippen molar-refractivity contribution in [2.45, 2.75) is 38.8 Å². The van der Waals surface area contributed by atoms with Crippen molar-refractivity contribution in [3.05, 3.63) is 71.5 Å². The zero-order valence-corrected chi connectivity index (χ0v) is 25.1. The minimum absolute atomic E-state index is 0.00919. The number of H-pyrrole nitrogens is 1. The normalized spacial score (nSPS) is 11.8. The molecular weight excluding hydrogens is 579 g/mol. The number of amides is 1. The molecule has 2 heterocycles. The van der Waals surface area contributed by atoms with Gasteiger partial charge in [0.25, 0.3) is 0 Å². The van der Waals surface area contributed by atoms with Gasteiger partial charge in [0.15, 0.2) is 0 Å². The number of hydrogen-bond acceptors (Lipinski definition) is 7. The quantitative estimate of drug-likeness (QED) is 0.152. The highest BCUT2D eigenvalue weighted by molar-refractivity contribution is 6.18. The molecule has 222 valence electrons. The molecule has 2 aromatic heterocycles. The van der Waals surface area contributed by atoms with Crippen LogP contribution in [0.4, 0.5) is 5.69 Å². The fraction of sp³-hybridized carbons (Fsp3) is 0.355. The monoisotopic (exact) mass is 612 g/mol. The largest absolute Gasteiger partial charge is 0.467 e. The topological polar surface area (TPSA) is 114 Å². The van der Waals surface area contributed by atoms with Gasteiger partial charge in [-0.25, -0.2) is 4.79 Å². The van der Waals surface area contributed by atoms with Gasteiger partial charge in [0.2, 0.25) is 5.91 Å². The number of fused-ring (bicyclic) bond motifs is 3. The summed E-state index contributed by atoms with van der Waals surface area (Å²) in [5, 5.41) is 4.76. The maximum absolute atomic E-state index is 12.6. The number of halogens is 2. The number of para-hydroxylation sites is 1. The van der Waals surface area contributed by atoms with Crippen LogP contribution < -0.4 is 10.2 Å². The minimum Gasteiger partial charge on any atom is -0.467 e. The van der Waals surface area contributed by atoms with E-state index in [-0.39, 0.29) is 25.9 Å². The smallest absolute Gasteiger partial charge is 0.328 e. The molecule has 0 radical (unpaired) electrons. The third-order valence-corrected chi connectivity index (χ3v) is 7.28. The Morgan fingerprint density at radius 3 is 2.40 bits per heavy atom. The number of nitrogens with one attached hydrogen (secondary N) is 2. The van der Waals surface area contributed by atoms with Gasteiger partial charge in [0.1, 0.15) is 12.6 Å². The van der Waals surface area contributed by atoms with Crippen LogP contribution in [-0.2, 0) is 36.9 Å². The Kier molecular flexibility index (Phi) is 11.0. The summed E-state index contributed by atoms with van der Waals surface area (Å²) in [6.07, 6.45) is -0.0415. The van der Waals surface area contributed by atoms with E-state index >= 15 is 0 Å². The van der Waals surface area contributed by atoms with Crippen molar-refractivity contribution in [1.82, 2.24) is 15.3 Å². The third-order valence-electron chi connectivity index (χ3n) is 6.94. The lowest BCUT2D eigenvalue weighted by atomic mass is 10.0. The van der Waals surface area contributed by atoms with Gasteiger partial charge < -0.3 is 24.7 Å². The van der Waals surface area contributed by atoms with Crippen molar-refractivity contribution in [3.63, 3.8) is 0 Å². The van der Waals surface area contributed by atoms with Gasteiger partial charge in [-0.15, -0.1) is 23.2 Å². The van der Waals surface area contributed by atoms with Crippen LogP contribution in [0, 0.1) is 6.92 Å². The van der Waals surface area contributed by atoms with E-state index < -0.39 is 23.9 Å². The Bertz CT molecular complexity index is 1530. The lowest BCUT2D eigenvalue weighted by Crippen LogP contribution is -2.43. The number of esters is 2. The molecule has 0 aliphatic rings. The Hall–Kier alpha value is -3.82. The molecule has 2 N–H and O–H groups in total. The van der Waals surface area contributed by atoms with E-state index in [1.807, 2.05) is 61.5 Å². The summed E-state index contributed by atoms with van der Waals surface area (Å²) in [7, 11) is 1.27. The summed E-state index contributed by atoms with van der Waals surface area (Å²) in [5.41, 5.74) is 5.17. The fourth-order valence-electron chi connectivity index (χ4n) is 4.84. The molecule has 0 aliphatic carbocycles. The van der Waals surface area contributed by atoms with E-state index in [9.17, 15) is 14.4 Å². The number of hydrogen-bond donors (Lipinski definition) is 2. The van der Waals surface area contributed by atoms with Gasteiger partial charge in [-0.1, -0.05) is 30.3 Å². The molecule has 0 aliphatic heterocycles. The second-order valence-electron chi connectivity index (χ2n) is 9.83. The molecule has 0 spiro atoms. The van der Waals surface area contributed by atoms with Gasteiger partial charge in [-0.2, -0.15) is 0 Å². The lowest BCUT2D eigenvalue weighted by Gasteiger charge is -2.23. The predicted molar refractivity (Wildman–Crippen MR) is 165 cm³/mol. The molecule has 0 saturated carbocycles. The molecule has 1 amide bonds. The molecule has 0 saturated heterocycles. The molecule has 1 atom stereocenters. The average molecular weight is 614 g/mol. The highest BCUT2D eigenvalue weighted by atomic mass is 35.5. The molecule has 42 heavy (non-hydrogen) atoms. The Balaban J connectivity index is 1.30. The maximum Gasteiger partial charge on any atom is 0.328 e. The van der Waals surface area contributed by atoms with E-state index in [0.29, 0.717) is 30.5 Å². The summed E-state index contributed by atoms with van der Waals surface area (Å²) in [6, 6.07) is 16.6. The highest BCUT2D eigenvalue weighted by Crippen LogP contribution is 2.27. The van der Waals surface area contributed by atoms with Crippen LogP contribution in [0.3, 0.4) is 0 Å². The van der Waals surface area contributed by atoms with Crippen molar-refractivity contribution in [2.75, 3.05) is 36.9 Å². The number of methoxy groups -OCH3 is 1. The fourth-order valence-corrected chi connectivity index (χ4v) is 5.25. The minimum atomic E-state index is -0.902. The van der Waals surface area contributed by atoms with Crippen LogP contribution in [0.2, 0.25) is 0 Å². The molecule has 4 rings (SSSR count). The number of aryl methyl sites for hydroxylation is 1. The zero-order valence-electron chi connectivity index (χ0n) is 23.6. The molecule has 4 aromatic rings. The Labute approximate surface area is 254 Å². The summed E-state index contributed by atoms with van der Waals surface area (Å²) in [6.45, 7) is 3.21. The maximum atomic E-state index is 12.6. The van der Waals surface area contributed by atoms with E-state index in [1.54, 1.807) is 0 Å². The summed E-state index contributed by atoms with van der Waals surface area (Å²) in [4.78, 5) is 47.5. The van der Waals surface area contributed by atoms with Gasteiger partial charge in [-0.3, -0.25) is 14.6 Å². The number of carbonyl (C=O) groups is 3. The molecule has 2 aromatic carbocycles. The van der Waals surface area contributed by atoms with Crippen LogP contribution in [0.15, 0.2) is 54.6 Å². The van der Waals surface area contributed by atoms with E-state index in [0.717, 1.165) is 38.8 Å². The Morgan fingerprint density at radius 1 is 1.00 bits per heavy atom. The number of benzene rings is 2. The number of alkyl halides is 2. The SMILES string of the molecule is COC(=O)[C@H](Cc1ccc(N(CCCl)CCCl)cc1)NC(=O)CCC(=O)OCc1cc2c([nH]c3ccccc32)c(C)n1. The first-order valence-electron chi connectivity index (χ1n) is 13.7. The van der Waals surface area contributed by atoms with E-state index in [2.05, 4.69) is 20.2 Å². The number of aromatic amines is 1. The van der Waals surface area contributed by atoms with Crippen LogP contribution in [0.1, 0.15) is 29.8 Å². The number of nitrogens with zero attached hydrogens (tertiary/aromatic N) is 2. The first kappa shape index (κ1) is 31.1. The van der Waals surface area contributed by atoms with Crippen molar-refractivity contribution in [1.29, 1.82) is 0 Å². The van der Waals surface area contributed by atoms with Crippen LogP contribution in [-0.4, -0.2) is 65.8 Å². The number of anilines is 1. The number of carbonyl (C=O) groups excluding carboxylic acids is 3. The number of rotatable bonds is 14. The van der Waals surface area contributed by atoms with Crippen molar-refractivity contribution >= 4 is 68.5 Å².